The Bertz CT molecular complexity index is 719. The second-order valence-corrected chi connectivity index (χ2v) is 5.51. The summed E-state index contributed by atoms with van der Waals surface area (Å²) in [5, 5.41) is 0.230. The molecule has 3 rings (SSSR count). The maximum atomic E-state index is 12.1. The highest BCUT2D eigenvalue weighted by atomic mass is 35.5. The van der Waals surface area contributed by atoms with Crippen molar-refractivity contribution in [3.8, 4) is 0 Å². The first-order valence-corrected chi connectivity index (χ1v) is 7.74. The molecule has 6 heteroatoms. The summed E-state index contributed by atoms with van der Waals surface area (Å²) < 4.78 is 5.34. The Morgan fingerprint density at radius 1 is 1.26 bits per heavy atom. The van der Waals surface area contributed by atoms with Crippen LogP contribution in [0.1, 0.15) is 17.7 Å². The number of carbonyl (C=O) groups excluding carboxylic acids is 1. The molecule has 1 aliphatic rings. The maximum Gasteiger partial charge on any atom is 0.410 e. The van der Waals surface area contributed by atoms with Crippen molar-refractivity contribution in [1.29, 1.82) is 0 Å². The molecule has 0 N–H and O–H groups in total. The van der Waals surface area contributed by atoms with Crippen molar-refractivity contribution in [2.45, 2.75) is 13.0 Å². The van der Waals surface area contributed by atoms with Crippen LogP contribution in [-0.2, 0) is 11.3 Å². The molecule has 1 aliphatic heterocycles. The van der Waals surface area contributed by atoms with E-state index in [2.05, 4.69) is 9.97 Å². The number of hydrogen-bond donors (Lipinski definition) is 0. The molecule has 23 heavy (non-hydrogen) atoms. The van der Waals surface area contributed by atoms with Crippen LogP contribution in [0.2, 0.25) is 5.28 Å². The Morgan fingerprint density at radius 3 is 2.78 bits per heavy atom. The molecular weight excluding hydrogens is 314 g/mol. The van der Waals surface area contributed by atoms with Crippen molar-refractivity contribution in [3.63, 3.8) is 0 Å². The Hall–Kier alpha value is -2.40. The van der Waals surface area contributed by atoms with Crippen molar-refractivity contribution in [3.05, 3.63) is 65.2 Å². The highest BCUT2D eigenvalue weighted by Gasteiger charge is 2.19. The lowest BCUT2D eigenvalue weighted by atomic mass is 10.1. The molecule has 0 spiro atoms. The highest BCUT2D eigenvalue weighted by molar-refractivity contribution is 6.28. The van der Waals surface area contributed by atoms with E-state index in [-0.39, 0.29) is 18.0 Å². The number of aromatic nitrogens is 2. The Labute approximate surface area is 139 Å². The minimum absolute atomic E-state index is 0.230. The molecular formula is C17H16ClN3O2. The summed E-state index contributed by atoms with van der Waals surface area (Å²) in [5.41, 5.74) is 2.86. The van der Waals surface area contributed by atoms with Gasteiger partial charge in [-0.15, -0.1) is 0 Å². The third kappa shape index (κ3) is 4.07. The van der Waals surface area contributed by atoms with Gasteiger partial charge in [0.2, 0.25) is 5.28 Å². The fourth-order valence-corrected chi connectivity index (χ4v) is 2.54. The zero-order valence-corrected chi connectivity index (χ0v) is 13.2. The molecule has 0 aliphatic carbocycles. The molecule has 1 aromatic heterocycles. The van der Waals surface area contributed by atoms with E-state index < -0.39 is 0 Å². The van der Waals surface area contributed by atoms with E-state index in [1.807, 2.05) is 42.5 Å². The average Bonchev–Trinajstić information content (AvgIpc) is 2.61. The second kappa shape index (κ2) is 7.24. The third-order valence-corrected chi connectivity index (χ3v) is 3.81. The molecule has 1 amide bonds. The Kier molecular flexibility index (Phi) is 4.88. The second-order valence-electron chi connectivity index (χ2n) is 5.18. The molecule has 0 atom stereocenters. The SMILES string of the molecule is O=C(OCc1ccccc1)N1CC=C(c2ccnc(Cl)n2)CC1. The number of rotatable bonds is 3. The summed E-state index contributed by atoms with van der Waals surface area (Å²) in [7, 11) is 0. The Balaban J connectivity index is 1.56. The van der Waals surface area contributed by atoms with Crippen LogP contribution in [0.25, 0.3) is 5.57 Å². The molecule has 5 nitrogen and oxygen atoms in total. The summed E-state index contributed by atoms with van der Waals surface area (Å²) in [5.74, 6) is 0. The van der Waals surface area contributed by atoms with E-state index in [1.165, 1.54) is 0 Å². The summed E-state index contributed by atoms with van der Waals surface area (Å²) in [4.78, 5) is 21.8. The number of halogens is 1. The van der Waals surface area contributed by atoms with Crippen LogP contribution < -0.4 is 0 Å². The molecule has 0 unspecified atom stereocenters. The van der Waals surface area contributed by atoms with Crippen LogP contribution in [0.4, 0.5) is 4.79 Å². The van der Waals surface area contributed by atoms with Gasteiger partial charge in [-0.05, 0) is 35.2 Å². The maximum absolute atomic E-state index is 12.1. The minimum Gasteiger partial charge on any atom is -0.445 e. The fraction of sp³-hybridized carbons (Fsp3) is 0.235. The molecule has 2 aromatic rings. The number of carbonyl (C=O) groups is 1. The van der Waals surface area contributed by atoms with Gasteiger partial charge in [-0.25, -0.2) is 14.8 Å². The first-order valence-electron chi connectivity index (χ1n) is 7.36. The number of ether oxygens (including phenoxy) is 1. The van der Waals surface area contributed by atoms with Crippen LogP contribution in [0, 0.1) is 0 Å². The van der Waals surface area contributed by atoms with Gasteiger partial charge >= 0.3 is 6.09 Å². The van der Waals surface area contributed by atoms with Gasteiger partial charge in [0.15, 0.2) is 0 Å². The standard InChI is InChI=1S/C17H16ClN3O2/c18-16-19-9-6-15(20-16)14-7-10-21(11-8-14)17(22)23-12-13-4-2-1-3-5-13/h1-7,9H,8,10-12H2. The molecule has 0 radical (unpaired) electrons. The van der Waals surface area contributed by atoms with Crippen molar-refractivity contribution in [1.82, 2.24) is 14.9 Å². The minimum atomic E-state index is -0.301. The van der Waals surface area contributed by atoms with E-state index in [1.54, 1.807) is 11.1 Å². The first kappa shape index (κ1) is 15.5. The van der Waals surface area contributed by atoms with Crippen LogP contribution in [0.5, 0.6) is 0 Å². The Morgan fingerprint density at radius 2 is 2.09 bits per heavy atom. The largest absolute Gasteiger partial charge is 0.445 e. The van der Waals surface area contributed by atoms with Gasteiger partial charge in [-0.3, -0.25) is 0 Å². The summed E-state index contributed by atoms with van der Waals surface area (Å²) >= 11 is 5.81. The lowest BCUT2D eigenvalue weighted by Crippen LogP contribution is -2.35. The highest BCUT2D eigenvalue weighted by Crippen LogP contribution is 2.21. The van der Waals surface area contributed by atoms with Crippen LogP contribution in [-0.4, -0.2) is 34.1 Å². The normalized spacial score (nSPS) is 14.3. The van der Waals surface area contributed by atoms with E-state index in [0.717, 1.165) is 16.8 Å². The summed E-state index contributed by atoms with van der Waals surface area (Å²) in [6, 6.07) is 11.5. The van der Waals surface area contributed by atoms with Gasteiger partial charge in [-0.1, -0.05) is 36.4 Å². The molecule has 1 aromatic carbocycles. The zero-order valence-electron chi connectivity index (χ0n) is 12.5. The number of amides is 1. The van der Waals surface area contributed by atoms with Crippen molar-refractivity contribution >= 4 is 23.3 Å². The van der Waals surface area contributed by atoms with Crippen LogP contribution in [0.15, 0.2) is 48.7 Å². The topological polar surface area (TPSA) is 55.3 Å². The van der Waals surface area contributed by atoms with Crippen LogP contribution >= 0.6 is 11.6 Å². The number of hydrogen-bond acceptors (Lipinski definition) is 4. The molecule has 2 heterocycles. The molecule has 0 fully saturated rings. The van der Waals surface area contributed by atoms with Crippen molar-refractivity contribution < 1.29 is 9.53 Å². The molecule has 118 valence electrons. The quantitative estimate of drug-likeness (QED) is 0.808. The van der Waals surface area contributed by atoms with E-state index in [4.69, 9.17) is 16.3 Å². The van der Waals surface area contributed by atoms with Gasteiger partial charge < -0.3 is 9.64 Å². The summed E-state index contributed by atoms with van der Waals surface area (Å²) in [6.45, 7) is 1.39. The van der Waals surface area contributed by atoms with Crippen molar-refractivity contribution in [2.75, 3.05) is 13.1 Å². The molecule has 0 bridgehead atoms. The molecule has 0 saturated carbocycles. The van der Waals surface area contributed by atoms with Crippen LogP contribution in [0.3, 0.4) is 0 Å². The predicted octanol–water partition coefficient (Wildman–Crippen LogP) is 3.56. The van der Waals surface area contributed by atoms with Crippen molar-refractivity contribution in [2.24, 2.45) is 0 Å². The predicted molar refractivity (Wildman–Crippen MR) is 87.8 cm³/mol. The monoisotopic (exact) mass is 329 g/mol. The van der Waals surface area contributed by atoms with E-state index >= 15 is 0 Å². The van der Waals surface area contributed by atoms with Gasteiger partial charge in [0, 0.05) is 19.3 Å². The number of nitrogens with zero attached hydrogens (tertiary/aromatic N) is 3. The lowest BCUT2D eigenvalue weighted by molar-refractivity contribution is 0.0998. The van der Waals surface area contributed by atoms with Gasteiger partial charge in [0.1, 0.15) is 6.61 Å². The fourth-order valence-electron chi connectivity index (χ4n) is 2.39. The van der Waals surface area contributed by atoms with E-state index in [9.17, 15) is 4.79 Å². The van der Waals surface area contributed by atoms with E-state index in [0.29, 0.717) is 19.5 Å². The smallest absolute Gasteiger partial charge is 0.410 e. The number of benzene rings is 1. The van der Waals surface area contributed by atoms with Gasteiger partial charge in [0.25, 0.3) is 0 Å². The first-order chi connectivity index (χ1) is 11.2. The average molecular weight is 330 g/mol. The van der Waals surface area contributed by atoms with Gasteiger partial charge in [-0.2, -0.15) is 0 Å². The lowest BCUT2D eigenvalue weighted by Gasteiger charge is -2.25. The van der Waals surface area contributed by atoms with Gasteiger partial charge in [0.05, 0.1) is 5.69 Å². The zero-order chi connectivity index (χ0) is 16.1. The summed E-state index contributed by atoms with van der Waals surface area (Å²) in [6.07, 6.45) is 4.02. The molecule has 0 saturated heterocycles. The third-order valence-electron chi connectivity index (χ3n) is 3.63.